The summed E-state index contributed by atoms with van der Waals surface area (Å²) in [5.41, 5.74) is 6.56. The number of carbonyl (C=O) groups is 1. The maximum absolute atomic E-state index is 11.9. The highest BCUT2D eigenvalue weighted by molar-refractivity contribution is 6.35. The molecular weight excluding hydrogens is 283 g/mol. The molecule has 0 bridgehead atoms. The standard InChI is InChI=1S/C14H20Cl2N2O/c1-3-14(17,4-2)9-18-13(19)7-10-5-6-11(15)8-12(10)16/h5-6,8H,3-4,7,9,17H2,1-2H3,(H,18,19). The van der Waals surface area contributed by atoms with Crippen LogP contribution in [0, 0.1) is 0 Å². The molecule has 0 saturated heterocycles. The largest absolute Gasteiger partial charge is 0.354 e. The summed E-state index contributed by atoms with van der Waals surface area (Å²) in [5.74, 6) is -0.0825. The normalized spacial score (nSPS) is 11.4. The highest BCUT2D eigenvalue weighted by Crippen LogP contribution is 2.21. The van der Waals surface area contributed by atoms with Crippen LogP contribution in [0.25, 0.3) is 0 Å². The quantitative estimate of drug-likeness (QED) is 0.848. The van der Waals surface area contributed by atoms with Crippen LogP contribution in [0.5, 0.6) is 0 Å². The van der Waals surface area contributed by atoms with Gasteiger partial charge in [-0.2, -0.15) is 0 Å². The van der Waals surface area contributed by atoms with Crippen molar-refractivity contribution in [1.82, 2.24) is 5.32 Å². The molecule has 0 aliphatic heterocycles. The Morgan fingerprint density at radius 3 is 2.47 bits per heavy atom. The molecule has 0 saturated carbocycles. The molecule has 1 amide bonds. The molecule has 1 aromatic carbocycles. The lowest BCUT2D eigenvalue weighted by molar-refractivity contribution is -0.120. The monoisotopic (exact) mass is 302 g/mol. The summed E-state index contributed by atoms with van der Waals surface area (Å²) in [7, 11) is 0. The predicted octanol–water partition coefficient (Wildman–Crippen LogP) is 3.17. The van der Waals surface area contributed by atoms with E-state index in [9.17, 15) is 4.79 Å². The second kappa shape index (κ2) is 7.13. The number of nitrogens with two attached hydrogens (primary N) is 1. The van der Waals surface area contributed by atoms with E-state index in [1.807, 2.05) is 13.8 Å². The topological polar surface area (TPSA) is 55.1 Å². The van der Waals surface area contributed by atoms with E-state index >= 15 is 0 Å². The van der Waals surface area contributed by atoms with E-state index in [2.05, 4.69) is 5.32 Å². The van der Waals surface area contributed by atoms with E-state index < -0.39 is 0 Å². The van der Waals surface area contributed by atoms with Gasteiger partial charge < -0.3 is 11.1 Å². The van der Waals surface area contributed by atoms with Crippen molar-refractivity contribution < 1.29 is 4.79 Å². The van der Waals surface area contributed by atoms with Crippen molar-refractivity contribution in [3.05, 3.63) is 33.8 Å². The Morgan fingerprint density at radius 2 is 1.95 bits per heavy atom. The number of nitrogens with one attached hydrogen (secondary N) is 1. The summed E-state index contributed by atoms with van der Waals surface area (Å²) >= 11 is 11.8. The molecule has 0 spiro atoms. The van der Waals surface area contributed by atoms with Gasteiger partial charge in [-0.15, -0.1) is 0 Å². The minimum Gasteiger partial charge on any atom is -0.354 e. The van der Waals surface area contributed by atoms with Gasteiger partial charge in [-0.1, -0.05) is 43.1 Å². The minimum atomic E-state index is -0.334. The molecule has 0 aliphatic rings. The first-order valence-electron chi connectivity index (χ1n) is 6.39. The predicted molar refractivity (Wildman–Crippen MR) is 80.7 cm³/mol. The van der Waals surface area contributed by atoms with Crippen LogP contribution in [-0.2, 0) is 11.2 Å². The molecule has 1 rings (SSSR count). The highest BCUT2D eigenvalue weighted by Gasteiger charge is 2.21. The lowest BCUT2D eigenvalue weighted by Crippen LogP contribution is -2.49. The third-order valence-electron chi connectivity index (χ3n) is 3.41. The van der Waals surface area contributed by atoms with Gasteiger partial charge in [-0.05, 0) is 30.5 Å². The van der Waals surface area contributed by atoms with Gasteiger partial charge in [0, 0.05) is 22.1 Å². The SMILES string of the molecule is CCC(N)(CC)CNC(=O)Cc1ccc(Cl)cc1Cl. The van der Waals surface area contributed by atoms with Crippen LogP contribution in [0.4, 0.5) is 0 Å². The number of rotatable bonds is 6. The Morgan fingerprint density at radius 1 is 1.32 bits per heavy atom. The van der Waals surface area contributed by atoms with Gasteiger partial charge in [0.05, 0.1) is 6.42 Å². The fourth-order valence-electron chi connectivity index (χ4n) is 1.68. The van der Waals surface area contributed by atoms with Crippen LogP contribution in [0.3, 0.4) is 0 Å². The average Bonchev–Trinajstić information content (AvgIpc) is 2.39. The Labute approximate surface area is 124 Å². The molecule has 5 heteroatoms. The lowest BCUT2D eigenvalue weighted by Gasteiger charge is -2.26. The Hall–Kier alpha value is -0.770. The van der Waals surface area contributed by atoms with Gasteiger partial charge >= 0.3 is 0 Å². The number of carbonyl (C=O) groups excluding carboxylic acids is 1. The van der Waals surface area contributed by atoms with Crippen molar-refractivity contribution >= 4 is 29.1 Å². The molecule has 1 aromatic rings. The second-order valence-corrected chi connectivity index (χ2v) is 5.60. The lowest BCUT2D eigenvalue weighted by atomic mass is 9.94. The van der Waals surface area contributed by atoms with E-state index in [1.54, 1.807) is 18.2 Å². The van der Waals surface area contributed by atoms with E-state index in [-0.39, 0.29) is 17.9 Å². The van der Waals surface area contributed by atoms with E-state index in [0.717, 1.165) is 18.4 Å². The van der Waals surface area contributed by atoms with Crippen molar-refractivity contribution in [2.24, 2.45) is 5.73 Å². The number of hydrogen-bond acceptors (Lipinski definition) is 2. The molecule has 0 aliphatic carbocycles. The van der Waals surface area contributed by atoms with Crippen molar-refractivity contribution in [3.8, 4) is 0 Å². The maximum Gasteiger partial charge on any atom is 0.224 e. The van der Waals surface area contributed by atoms with Gasteiger partial charge in [0.25, 0.3) is 0 Å². The number of halogens is 2. The van der Waals surface area contributed by atoms with Crippen LogP contribution in [0.2, 0.25) is 10.0 Å². The van der Waals surface area contributed by atoms with Crippen LogP contribution >= 0.6 is 23.2 Å². The second-order valence-electron chi connectivity index (χ2n) is 4.76. The summed E-state index contributed by atoms with van der Waals surface area (Å²) in [6.45, 7) is 4.52. The van der Waals surface area contributed by atoms with Crippen molar-refractivity contribution in [3.63, 3.8) is 0 Å². The van der Waals surface area contributed by atoms with E-state index in [1.165, 1.54) is 0 Å². The van der Waals surface area contributed by atoms with Crippen LogP contribution in [0.15, 0.2) is 18.2 Å². The molecule has 0 unspecified atom stereocenters. The molecule has 3 nitrogen and oxygen atoms in total. The van der Waals surface area contributed by atoms with Crippen molar-refractivity contribution in [1.29, 1.82) is 0 Å². The molecule has 0 radical (unpaired) electrons. The Kier molecular flexibility index (Phi) is 6.11. The van der Waals surface area contributed by atoms with Crippen molar-refractivity contribution in [2.45, 2.75) is 38.6 Å². The van der Waals surface area contributed by atoms with Crippen LogP contribution in [-0.4, -0.2) is 18.0 Å². The minimum absolute atomic E-state index is 0.0825. The zero-order valence-electron chi connectivity index (χ0n) is 11.3. The average molecular weight is 303 g/mol. The zero-order valence-corrected chi connectivity index (χ0v) is 12.8. The number of amides is 1. The van der Waals surface area contributed by atoms with Gasteiger partial charge in [-0.25, -0.2) is 0 Å². The van der Waals surface area contributed by atoms with Gasteiger partial charge in [0.1, 0.15) is 0 Å². The maximum atomic E-state index is 11.9. The van der Waals surface area contributed by atoms with Gasteiger partial charge in [0.2, 0.25) is 5.91 Å². The van der Waals surface area contributed by atoms with Gasteiger partial charge in [-0.3, -0.25) is 4.79 Å². The molecule has 19 heavy (non-hydrogen) atoms. The van der Waals surface area contributed by atoms with Gasteiger partial charge in [0.15, 0.2) is 0 Å². The number of benzene rings is 1. The third kappa shape index (κ3) is 5.01. The Balaban J connectivity index is 2.56. The molecule has 106 valence electrons. The van der Waals surface area contributed by atoms with E-state index in [4.69, 9.17) is 28.9 Å². The molecular formula is C14H20Cl2N2O. The molecule has 0 aromatic heterocycles. The molecule has 0 atom stereocenters. The summed E-state index contributed by atoms with van der Waals surface area (Å²) in [5, 5.41) is 3.93. The molecule has 3 N–H and O–H groups in total. The first-order valence-corrected chi connectivity index (χ1v) is 7.15. The fourth-order valence-corrected chi connectivity index (χ4v) is 2.15. The van der Waals surface area contributed by atoms with Crippen molar-refractivity contribution in [2.75, 3.05) is 6.54 Å². The summed E-state index contributed by atoms with van der Waals surface area (Å²) in [6, 6.07) is 5.12. The highest BCUT2D eigenvalue weighted by atomic mass is 35.5. The fraction of sp³-hybridized carbons (Fsp3) is 0.500. The van der Waals surface area contributed by atoms with Crippen LogP contribution in [0.1, 0.15) is 32.3 Å². The zero-order chi connectivity index (χ0) is 14.5. The summed E-state index contributed by atoms with van der Waals surface area (Å²) < 4.78 is 0. The summed E-state index contributed by atoms with van der Waals surface area (Å²) in [4.78, 5) is 11.9. The third-order valence-corrected chi connectivity index (χ3v) is 4.00. The Bertz CT molecular complexity index is 445. The number of hydrogen-bond donors (Lipinski definition) is 2. The molecule has 0 heterocycles. The smallest absolute Gasteiger partial charge is 0.224 e. The first-order chi connectivity index (χ1) is 8.90. The van der Waals surface area contributed by atoms with E-state index in [0.29, 0.717) is 16.6 Å². The molecule has 0 fully saturated rings. The van der Waals surface area contributed by atoms with Crippen LogP contribution < -0.4 is 11.1 Å². The first kappa shape index (κ1) is 16.3. The summed E-state index contributed by atoms with van der Waals surface area (Å²) in [6.07, 6.45) is 1.89.